The second kappa shape index (κ2) is 5.34. The van der Waals surface area contributed by atoms with Gasteiger partial charge in [0, 0.05) is 0 Å². The van der Waals surface area contributed by atoms with E-state index in [1.807, 2.05) is 6.92 Å². The molecule has 0 heterocycles. The zero-order valence-corrected chi connectivity index (χ0v) is 6.82. The molecule has 0 aromatic heterocycles. The normalized spacial score (nSPS) is 12.1. The molecular weight excluding hydrogens is 164 g/mol. The van der Waals surface area contributed by atoms with Crippen LogP contribution in [0.2, 0.25) is 0 Å². The molecule has 12 heavy (non-hydrogen) atoms. The molecule has 0 saturated carbocycles. The van der Waals surface area contributed by atoms with Crippen LogP contribution < -0.4 is 5.43 Å². The van der Waals surface area contributed by atoms with Crippen LogP contribution in [0.1, 0.15) is 26.2 Å². The molecule has 0 fully saturated rings. The number of nitrogens with one attached hydrogen (secondary N) is 1. The van der Waals surface area contributed by atoms with Crippen molar-refractivity contribution in [2.24, 2.45) is 0 Å². The lowest BCUT2D eigenvalue weighted by Crippen LogP contribution is -2.40. The van der Waals surface area contributed by atoms with Crippen molar-refractivity contribution in [3.63, 3.8) is 0 Å². The number of rotatable bonds is 6. The van der Waals surface area contributed by atoms with Crippen LogP contribution in [-0.2, 0) is 4.79 Å². The molecule has 70 valence electrons. The Kier molecular flexibility index (Phi) is 4.75. The predicted molar refractivity (Wildman–Crippen MR) is 41.1 cm³/mol. The molecule has 0 aliphatic carbocycles. The van der Waals surface area contributed by atoms with Gasteiger partial charge in [0.25, 0.3) is 0 Å². The zero-order valence-electron chi connectivity index (χ0n) is 6.82. The lowest BCUT2D eigenvalue weighted by atomic mass is 10.1. The number of hydrogen-bond donors (Lipinski definition) is 2. The Morgan fingerprint density at radius 1 is 1.75 bits per heavy atom. The number of carbonyl (C=O) groups is 1. The molecule has 0 spiro atoms. The van der Waals surface area contributed by atoms with Crippen LogP contribution in [0.4, 0.5) is 0 Å². The van der Waals surface area contributed by atoms with Crippen LogP contribution in [0.3, 0.4) is 0 Å². The molecule has 0 aromatic carbocycles. The molecule has 0 amide bonds. The molecule has 0 aromatic rings. The van der Waals surface area contributed by atoms with Gasteiger partial charge in [0.05, 0.1) is 0 Å². The molecule has 0 bridgehead atoms. The van der Waals surface area contributed by atoms with Crippen LogP contribution in [-0.4, -0.2) is 22.1 Å². The fourth-order valence-electron chi connectivity index (χ4n) is 0.779. The highest BCUT2D eigenvalue weighted by Crippen LogP contribution is 2.00. The summed E-state index contributed by atoms with van der Waals surface area (Å²) in [6.07, 6.45) is 1.77. The summed E-state index contributed by atoms with van der Waals surface area (Å²) >= 11 is 0. The van der Waals surface area contributed by atoms with Crippen LogP contribution in [0, 0.1) is 10.1 Å². The number of hydrogen-bond acceptors (Lipinski definition) is 3. The first-order chi connectivity index (χ1) is 5.57. The minimum atomic E-state index is -1.18. The van der Waals surface area contributed by atoms with Gasteiger partial charge in [-0.05, 0) is 6.42 Å². The molecule has 1 atom stereocenters. The molecule has 0 aliphatic heterocycles. The minimum Gasteiger partial charge on any atom is -0.480 e. The van der Waals surface area contributed by atoms with Crippen molar-refractivity contribution >= 4 is 5.97 Å². The number of unbranched alkanes of at least 4 members (excludes halogenated alkanes) is 1. The summed E-state index contributed by atoms with van der Waals surface area (Å²) in [7, 11) is 0. The van der Waals surface area contributed by atoms with E-state index in [-0.39, 0.29) is 6.42 Å². The molecule has 0 rings (SSSR count). The third-order valence-corrected chi connectivity index (χ3v) is 1.41. The zero-order chi connectivity index (χ0) is 9.56. The summed E-state index contributed by atoms with van der Waals surface area (Å²) in [4.78, 5) is 20.3. The van der Waals surface area contributed by atoms with E-state index in [0.29, 0.717) is 6.42 Å². The Bertz CT molecular complexity index is 171. The van der Waals surface area contributed by atoms with Gasteiger partial charge in [0.1, 0.15) is 0 Å². The van der Waals surface area contributed by atoms with Gasteiger partial charge in [0.15, 0.2) is 11.1 Å². The van der Waals surface area contributed by atoms with E-state index in [0.717, 1.165) is 6.42 Å². The van der Waals surface area contributed by atoms with Crippen molar-refractivity contribution in [3.8, 4) is 0 Å². The summed E-state index contributed by atoms with van der Waals surface area (Å²) in [5.74, 6) is -1.18. The third-order valence-electron chi connectivity index (χ3n) is 1.41. The van der Waals surface area contributed by atoms with Crippen LogP contribution in [0.15, 0.2) is 0 Å². The Hall–Kier alpha value is -1.33. The van der Waals surface area contributed by atoms with E-state index in [9.17, 15) is 14.9 Å². The SMILES string of the molecule is CCCC[C@@H](N[N+](=O)[O-])C(=O)O. The lowest BCUT2D eigenvalue weighted by Gasteiger charge is -2.06. The Labute approximate surface area is 69.7 Å². The van der Waals surface area contributed by atoms with Gasteiger partial charge in [-0.2, -0.15) is 0 Å². The first-order valence-corrected chi connectivity index (χ1v) is 3.71. The van der Waals surface area contributed by atoms with E-state index in [2.05, 4.69) is 0 Å². The first kappa shape index (κ1) is 10.7. The fourth-order valence-corrected chi connectivity index (χ4v) is 0.779. The molecule has 0 radical (unpaired) electrons. The van der Waals surface area contributed by atoms with Gasteiger partial charge < -0.3 is 5.11 Å². The topological polar surface area (TPSA) is 92.5 Å². The monoisotopic (exact) mass is 176 g/mol. The van der Waals surface area contributed by atoms with E-state index in [1.54, 1.807) is 5.43 Å². The molecule has 0 saturated heterocycles. The third kappa shape index (κ3) is 4.48. The smallest absolute Gasteiger partial charge is 0.332 e. The number of hydrazine groups is 1. The maximum absolute atomic E-state index is 10.4. The fraction of sp³-hybridized carbons (Fsp3) is 0.833. The van der Waals surface area contributed by atoms with Crippen LogP contribution in [0.25, 0.3) is 0 Å². The van der Waals surface area contributed by atoms with Gasteiger partial charge in [-0.15, -0.1) is 5.43 Å². The summed E-state index contributed by atoms with van der Waals surface area (Å²) in [5, 5.41) is 17.6. The van der Waals surface area contributed by atoms with Gasteiger partial charge in [-0.1, -0.05) is 19.8 Å². The average molecular weight is 176 g/mol. The molecule has 6 nitrogen and oxygen atoms in total. The van der Waals surface area contributed by atoms with E-state index >= 15 is 0 Å². The molecule has 6 heteroatoms. The second-order valence-corrected chi connectivity index (χ2v) is 2.42. The standard InChI is InChI=1S/C6H12N2O4/c1-2-3-4-5(6(9)10)7-8(11)12/h5,7H,2-4H2,1H3,(H,9,10)/t5-/m1/s1. The van der Waals surface area contributed by atoms with E-state index in [1.165, 1.54) is 0 Å². The maximum Gasteiger partial charge on any atom is 0.332 e. The number of nitrogens with zero attached hydrogens (tertiary/aromatic N) is 1. The van der Waals surface area contributed by atoms with Crippen molar-refractivity contribution in [1.82, 2.24) is 5.43 Å². The highest BCUT2D eigenvalue weighted by molar-refractivity contribution is 5.73. The number of aliphatic carboxylic acids is 1. The Morgan fingerprint density at radius 3 is 2.67 bits per heavy atom. The number of carboxylic acid groups (broad SMARTS) is 1. The highest BCUT2D eigenvalue weighted by atomic mass is 16.7. The van der Waals surface area contributed by atoms with Gasteiger partial charge in [-0.3, -0.25) is 0 Å². The number of nitro groups is 1. The van der Waals surface area contributed by atoms with Crippen molar-refractivity contribution < 1.29 is 14.9 Å². The summed E-state index contributed by atoms with van der Waals surface area (Å²) < 4.78 is 0. The van der Waals surface area contributed by atoms with Gasteiger partial charge in [0.2, 0.25) is 0 Å². The van der Waals surface area contributed by atoms with Crippen molar-refractivity contribution in [3.05, 3.63) is 10.1 Å². The second-order valence-electron chi connectivity index (χ2n) is 2.42. The molecule has 2 N–H and O–H groups in total. The van der Waals surface area contributed by atoms with Gasteiger partial charge >= 0.3 is 5.97 Å². The quantitative estimate of drug-likeness (QED) is 0.451. The highest BCUT2D eigenvalue weighted by Gasteiger charge is 2.20. The van der Waals surface area contributed by atoms with Gasteiger partial charge in [-0.25, -0.2) is 14.9 Å². The minimum absolute atomic E-state index is 0.285. The van der Waals surface area contributed by atoms with Crippen molar-refractivity contribution in [2.45, 2.75) is 32.2 Å². The predicted octanol–water partition coefficient (Wildman–Crippen LogP) is 0.411. The Balaban J connectivity index is 3.87. The lowest BCUT2D eigenvalue weighted by molar-refractivity contribution is -0.549. The van der Waals surface area contributed by atoms with E-state index in [4.69, 9.17) is 5.11 Å². The first-order valence-electron chi connectivity index (χ1n) is 3.71. The average Bonchev–Trinajstić information content (AvgIpc) is 1.96. The molecule has 0 aliphatic rings. The summed E-state index contributed by atoms with van der Waals surface area (Å²) in [5.41, 5.74) is 1.74. The Morgan fingerprint density at radius 2 is 2.33 bits per heavy atom. The van der Waals surface area contributed by atoms with Crippen LogP contribution >= 0.6 is 0 Å². The van der Waals surface area contributed by atoms with E-state index < -0.39 is 17.0 Å². The van der Waals surface area contributed by atoms with Crippen molar-refractivity contribution in [2.75, 3.05) is 0 Å². The summed E-state index contributed by atoms with van der Waals surface area (Å²) in [6.45, 7) is 1.89. The largest absolute Gasteiger partial charge is 0.480 e. The summed E-state index contributed by atoms with van der Waals surface area (Å²) in [6, 6.07) is -1.07. The molecular formula is C6H12N2O4. The molecule has 0 unspecified atom stereocenters. The van der Waals surface area contributed by atoms with Crippen molar-refractivity contribution in [1.29, 1.82) is 0 Å². The number of carboxylic acids is 1. The van der Waals surface area contributed by atoms with Crippen LogP contribution in [0.5, 0.6) is 0 Å². The maximum atomic E-state index is 10.4.